The van der Waals surface area contributed by atoms with E-state index in [9.17, 15) is 5.11 Å². The van der Waals surface area contributed by atoms with Gasteiger partial charge in [-0.05, 0) is 12.1 Å². The van der Waals surface area contributed by atoms with E-state index in [1.165, 1.54) is 7.11 Å². The molecule has 5 heteroatoms. The maximum Gasteiger partial charge on any atom is 0.121 e. The smallest absolute Gasteiger partial charge is 0.121 e. The maximum absolute atomic E-state index is 9.35. The summed E-state index contributed by atoms with van der Waals surface area (Å²) < 4.78 is 10.0. The zero-order chi connectivity index (χ0) is 12.0. The third-order valence-electron chi connectivity index (χ3n) is 1.86. The number of ether oxygens (including phenoxy) is 2. The molecule has 1 aromatic carbocycles. The van der Waals surface area contributed by atoms with Crippen LogP contribution in [-0.2, 0) is 4.74 Å². The Labute approximate surface area is 99.0 Å². The van der Waals surface area contributed by atoms with Crippen LogP contribution < -0.4 is 4.74 Å². The topological polar surface area (TPSA) is 62.5 Å². The number of aliphatic hydroxyl groups is 1. The fraction of sp³-hybridized carbons (Fsp3) is 0.364. The summed E-state index contributed by atoms with van der Waals surface area (Å²) in [6, 6.07) is 6.69. The van der Waals surface area contributed by atoms with Crippen LogP contribution in [0.15, 0.2) is 18.2 Å². The van der Waals surface area contributed by atoms with E-state index in [0.29, 0.717) is 16.3 Å². The summed E-state index contributed by atoms with van der Waals surface area (Å²) in [5, 5.41) is 18.3. The molecule has 0 spiro atoms. The normalized spacial score (nSPS) is 11.9. The molecule has 86 valence electrons. The number of aliphatic hydroxyl groups excluding tert-OH is 1. The molecule has 1 rings (SSSR count). The predicted octanol–water partition coefficient (Wildman–Crippen LogP) is 1.60. The number of hydrogen-bond acceptors (Lipinski definition) is 4. The molecule has 0 heterocycles. The SMILES string of the molecule is COCC(O)COc1ccc(C#N)c(Cl)c1. The Morgan fingerprint density at radius 1 is 1.50 bits per heavy atom. The second kappa shape index (κ2) is 6.33. The molecule has 0 fully saturated rings. The molecular weight excluding hydrogens is 230 g/mol. The van der Waals surface area contributed by atoms with Crippen molar-refractivity contribution >= 4 is 11.6 Å². The van der Waals surface area contributed by atoms with E-state index in [1.807, 2.05) is 6.07 Å². The van der Waals surface area contributed by atoms with Gasteiger partial charge in [0, 0.05) is 13.2 Å². The van der Waals surface area contributed by atoms with Gasteiger partial charge in [-0.1, -0.05) is 11.6 Å². The van der Waals surface area contributed by atoms with Crippen molar-refractivity contribution in [1.82, 2.24) is 0 Å². The number of nitriles is 1. The van der Waals surface area contributed by atoms with Gasteiger partial charge in [-0.2, -0.15) is 5.26 Å². The van der Waals surface area contributed by atoms with E-state index < -0.39 is 6.10 Å². The lowest BCUT2D eigenvalue weighted by molar-refractivity contribution is 0.0325. The first-order valence-corrected chi connectivity index (χ1v) is 5.04. The highest BCUT2D eigenvalue weighted by molar-refractivity contribution is 6.31. The molecule has 0 saturated heterocycles. The van der Waals surface area contributed by atoms with Gasteiger partial charge in [0.05, 0.1) is 17.2 Å². The van der Waals surface area contributed by atoms with Crippen LogP contribution in [0.25, 0.3) is 0 Å². The van der Waals surface area contributed by atoms with Crippen molar-refractivity contribution in [3.8, 4) is 11.8 Å². The number of halogens is 1. The summed E-state index contributed by atoms with van der Waals surface area (Å²) in [4.78, 5) is 0. The van der Waals surface area contributed by atoms with Crippen molar-refractivity contribution in [2.45, 2.75) is 6.10 Å². The van der Waals surface area contributed by atoms with Crippen molar-refractivity contribution in [3.63, 3.8) is 0 Å². The number of nitrogens with zero attached hydrogens (tertiary/aromatic N) is 1. The standard InChI is InChI=1S/C11H12ClNO3/c1-15-6-9(14)7-16-10-3-2-8(5-13)11(12)4-10/h2-4,9,14H,6-7H2,1H3. The zero-order valence-corrected chi connectivity index (χ0v) is 9.57. The fourth-order valence-corrected chi connectivity index (χ4v) is 1.32. The van der Waals surface area contributed by atoms with E-state index >= 15 is 0 Å². The summed E-state index contributed by atoms with van der Waals surface area (Å²) in [5.74, 6) is 0.513. The third kappa shape index (κ3) is 3.70. The van der Waals surface area contributed by atoms with Gasteiger partial charge in [0.1, 0.15) is 24.5 Å². The van der Waals surface area contributed by atoms with Crippen LogP contribution in [0.2, 0.25) is 5.02 Å². The number of methoxy groups -OCH3 is 1. The van der Waals surface area contributed by atoms with Crippen molar-refractivity contribution in [2.75, 3.05) is 20.3 Å². The van der Waals surface area contributed by atoms with Gasteiger partial charge in [-0.15, -0.1) is 0 Å². The van der Waals surface area contributed by atoms with Gasteiger partial charge < -0.3 is 14.6 Å². The minimum atomic E-state index is -0.681. The Morgan fingerprint density at radius 2 is 2.25 bits per heavy atom. The molecule has 1 atom stereocenters. The lowest BCUT2D eigenvalue weighted by atomic mass is 10.2. The van der Waals surface area contributed by atoms with Crippen LogP contribution in [0.4, 0.5) is 0 Å². The van der Waals surface area contributed by atoms with E-state index in [0.717, 1.165) is 0 Å². The minimum Gasteiger partial charge on any atom is -0.491 e. The van der Waals surface area contributed by atoms with Gasteiger partial charge in [-0.3, -0.25) is 0 Å². The molecule has 0 aliphatic carbocycles. The predicted molar refractivity (Wildman–Crippen MR) is 59.5 cm³/mol. The van der Waals surface area contributed by atoms with E-state index in [-0.39, 0.29) is 13.2 Å². The molecule has 0 aliphatic rings. The zero-order valence-electron chi connectivity index (χ0n) is 8.81. The summed E-state index contributed by atoms with van der Waals surface area (Å²) in [5.41, 5.74) is 0.395. The van der Waals surface area contributed by atoms with Gasteiger partial charge in [0.15, 0.2) is 0 Å². The monoisotopic (exact) mass is 241 g/mol. The second-order valence-corrected chi connectivity index (χ2v) is 3.58. The first kappa shape index (κ1) is 12.8. The summed E-state index contributed by atoms with van der Waals surface area (Å²) >= 11 is 5.82. The van der Waals surface area contributed by atoms with Gasteiger partial charge in [0.2, 0.25) is 0 Å². The largest absolute Gasteiger partial charge is 0.491 e. The van der Waals surface area contributed by atoms with Crippen LogP contribution >= 0.6 is 11.6 Å². The molecule has 0 aromatic heterocycles. The van der Waals surface area contributed by atoms with Crippen molar-refractivity contribution < 1.29 is 14.6 Å². The lowest BCUT2D eigenvalue weighted by Gasteiger charge is -2.11. The number of benzene rings is 1. The van der Waals surface area contributed by atoms with Crippen molar-refractivity contribution in [3.05, 3.63) is 28.8 Å². The van der Waals surface area contributed by atoms with Gasteiger partial charge >= 0.3 is 0 Å². The van der Waals surface area contributed by atoms with Crippen LogP contribution in [0.1, 0.15) is 5.56 Å². The molecule has 4 nitrogen and oxygen atoms in total. The van der Waals surface area contributed by atoms with Gasteiger partial charge in [0.25, 0.3) is 0 Å². The molecule has 0 saturated carbocycles. The minimum absolute atomic E-state index is 0.121. The van der Waals surface area contributed by atoms with Crippen LogP contribution in [0, 0.1) is 11.3 Å². The molecule has 1 unspecified atom stereocenters. The van der Waals surface area contributed by atoms with Crippen LogP contribution in [0.5, 0.6) is 5.75 Å². The van der Waals surface area contributed by atoms with E-state index in [2.05, 4.69) is 0 Å². The molecule has 16 heavy (non-hydrogen) atoms. The Hall–Kier alpha value is -1.28. The average Bonchev–Trinajstić information content (AvgIpc) is 2.27. The van der Waals surface area contributed by atoms with E-state index in [1.54, 1.807) is 18.2 Å². The van der Waals surface area contributed by atoms with Crippen LogP contribution in [0.3, 0.4) is 0 Å². The quantitative estimate of drug-likeness (QED) is 0.851. The molecular formula is C11H12ClNO3. The third-order valence-corrected chi connectivity index (χ3v) is 2.18. The Bertz CT molecular complexity index is 389. The lowest BCUT2D eigenvalue weighted by Crippen LogP contribution is -2.22. The summed E-state index contributed by atoms with van der Waals surface area (Å²) in [6.45, 7) is 0.333. The number of hydrogen-bond donors (Lipinski definition) is 1. The maximum atomic E-state index is 9.35. The highest BCUT2D eigenvalue weighted by atomic mass is 35.5. The Kier molecular flexibility index (Phi) is 5.06. The molecule has 0 aliphatic heterocycles. The van der Waals surface area contributed by atoms with Crippen LogP contribution in [-0.4, -0.2) is 31.5 Å². The fourth-order valence-electron chi connectivity index (χ4n) is 1.11. The molecule has 1 N–H and O–H groups in total. The van der Waals surface area contributed by atoms with Crippen molar-refractivity contribution in [1.29, 1.82) is 5.26 Å². The van der Waals surface area contributed by atoms with Gasteiger partial charge in [-0.25, -0.2) is 0 Å². The van der Waals surface area contributed by atoms with Crippen molar-refractivity contribution in [2.24, 2.45) is 0 Å². The summed E-state index contributed by atoms with van der Waals surface area (Å²) in [6.07, 6.45) is -0.681. The highest BCUT2D eigenvalue weighted by Gasteiger charge is 2.06. The second-order valence-electron chi connectivity index (χ2n) is 3.17. The highest BCUT2D eigenvalue weighted by Crippen LogP contribution is 2.21. The first-order chi connectivity index (χ1) is 7.67. The Morgan fingerprint density at radius 3 is 2.81 bits per heavy atom. The summed E-state index contributed by atoms with van der Waals surface area (Å²) in [7, 11) is 1.50. The Balaban J connectivity index is 2.56. The number of rotatable bonds is 5. The molecule has 0 radical (unpaired) electrons. The molecule has 0 bridgehead atoms. The van der Waals surface area contributed by atoms with E-state index in [4.69, 9.17) is 26.3 Å². The molecule has 0 amide bonds. The molecule has 1 aromatic rings. The average molecular weight is 242 g/mol. The first-order valence-electron chi connectivity index (χ1n) is 4.67.